The first kappa shape index (κ1) is 20.3. The summed E-state index contributed by atoms with van der Waals surface area (Å²) in [6, 6.07) is 8.25. The number of anilines is 1. The molecule has 6 nitrogen and oxygen atoms in total. The van der Waals surface area contributed by atoms with Crippen molar-refractivity contribution in [3.63, 3.8) is 0 Å². The van der Waals surface area contributed by atoms with Gasteiger partial charge in [-0.2, -0.15) is 0 Å². The van der Waals surface area contributed by atoms with E-state index >= 15 is 0 Å². The summed E-state index contributed by atoms with van der Waals surface area (Å²) in [5.74, 6) is -1.29. The van der Waals surface area contributed by atoms with Gasteiger partial charge in [0.05, 0.1) is 17.8 Å². The van der Waals surface area contributed by atoms with E-state index in [1.807, 2.05) is 13.0 Å². The van der Waals surface area contributed by atoms with Gasteiger partial charge in [-0.3, -0.25) is 19.8 Å². The molecule has 0 bridgehead atoms. The van der Waals surface area contributed by atoms with Gasteiger partial charge in [0, 0.05) is 4.47 Å². The lowest BCUT2D eigenvalue weighted by atomic mass is 10.1. The van der Waals surface area contributed by atoms with E-state index in [0.717, 1.165) is 10.0 Å². The summed E-state index contributed by atoms with van der Waals surface area (Å²) >= 11 is 14.6. The third-order valence-corrected chi connectivity index (χ3v) is 5.15. The summed E-state index contributed by atoms with van der Waals surface area (Å²) < 4.78 is 5.92. The van der Waals surface area contributed by atoms with Crippen molar-refractivity contribution < 1.29 is 19.4 Å². The molecule has 3 rings (SSSR count). The van der Waals surface area contributed by atoms with E-state index < -0.39 is 11.8 Å². The first-order chi connectivity index (χ1) is 13.2. The Bertz CT molecular complexity index is 1050. The van der Waals surface area contributed by atoms with E-state index in [4.69, 9.17) is 28.6 Å². The molecular formula is C19H14BrClN2O4S. The first-order valence-electron chi connectivity index (χ1n) is 7.97. The van der Waals surface area contributed by atoms with Crippen LogP contribution in [0.25, 0.3) is 6.08 Å². The lowest BCUT2D eigenvalue weighted by molar-refractivity contribution is -0.122. The molecule has 28 heavy (non-hydrogen) atoms. The van der Waals surface area contributed by atoms with E-state index in [2.05, 4.69) is 21.2 Å². The first-order valence-corrected chi connectivity index (χ1v) is 9.55. The Morgan fingerprint density at radius 2 is 2.00 bits per heavy atom. The van der Waals surface area contributed by atoms with Crippen molar-refractivity contribution in [2.75, 3.05) is 12.0 Å². The molecule has 1 fully saturated rings. The highest BCUT2D eigenvalue weighted by Gasteiger charge is 2.35. The lowest BCUT2D eigenvalue weighted by Crippen LogP contribution is -2.54. The van der Waals surface area contributed by atoms with Crippen molar-refractivity contribution >= 4 is 68.4 Å². The summed E-state index contributed by atoms with van der Waals surface area (Å²) in [5, 5.41) is 12.4. The number of hydrogen-bond acceptors (Lipinski definition) is 5. The van der Waals surface area contributed by atoms with Crippen LogP contribution in [0, 0.1) is 6.92 Å². The number of aromatic hydroxyl groups is 1. The SMILES string of the molecule is COc1cc(/C=C2\C(=O)NC(=S)N(c3ccc(Br)cc3C)C2=O)cc(Cl)c1O. The normalized spacial score (nSPS) is 15.8. The fraction of sp³-hybridized carbons (Fsp3) is 0.105. The summed E-state index contributed by atoms with van der Waals surface area (Å²) in [7, 11) is 1.37. The van der Waals surface area contributed by atoms with Gasteiger partial charge in [0.25, 0.3) is 11.8 Å². The third-order valence-electron chi connectivity index (χ3n) is 4.08. The number of benzene rings is 2. The van der Waals surface area contributed by atoms with Gasteiger partial charge in [0.2, 0.25) is 0 Å². The van der Waals surface area contributed by atoms with Crippen molar-refractivity contribution in [1.29, 1.82) is 0 Å². The van der Waals surface area contributed by atoms with Crippen molar-refractivity contribution in [3.8, 4) is 11.5 Å². The minimum absolute atomic E-state index is 0.00103. The van der Waals surface area contributed by atoms with Gasteiger partial charge in [-0.05, 0) is 66.7 Å². The second-order valence-corrected chi connectivity index (χ2v) is 7.65. The Morgan fingerprint density at radius 1 is 1.29 bits per heavy atom. The number of phenolic OH excluding ortho intramolecular Hbond substituents is 1. The van der Waals surface area contributed by atoms with Crippen LogP contribution < -0.4 is 15.0 Å². The number of carbonyl (C=O) groups is 2. The van der Waals surface area contributed by atoms with E-state index in [-0.39, 0.29) is 27.2 Å². The van der Waals surface area contributed by atoms with Gasteiger partial charge >= 0.3 is 0 Å². The minimum atomic E-state index is -0.621. The molecule has 0 aliphatic carbocycles. The molecular weight excluding hydrogens is 468 g/mol. The molecule has 0 radical (unpaired) electrons. The maximum Gasteiger partial charge on any atom is 0.270 e. The maximum atomic E-state index is 13.1. The smallest absolute Gasteiger partial charge is 0.270 e. The van der Waals surface area contributed by atoms with Crippen LogP contribution in [0.5, 0.6) is 11.5 Å². The van der Waals surface area contributed by atoms with E-state index in [0.29, 0.717) is 11.3 Å². The Hall–Kier alpha value is -2.42. The molecule has 2 aromatic carbocycles. The number of hydrogen-bond donors (Lipinski definition) is 2. The van der Waals surface area contributed by atoms with Gasteiger partial charge in [0.15, 0.2) is 16.6 Å². The van der Waals surface area contributed by atoms with E-state index in [1.54, 1.807) is 12.1 Å². The molecule has 0 unspecified atom stereocenters. The second-order valence-electron chi connectivity index (χ2n) is 5.94. The largest absolute Gasteiger partial charge is 0.503 e. The molecule has 2 aromatic rings. The van der Waals surface area contributed by atoms with Gasteiger partial charge < -0.3 is 9.84 Å². The van der Waals surface area contributed by atoms with E-state index in [9.17, 15) is 14.7 Å². The highest BCUT2D eigenvalue weighted by Crippen LogP contribution is 2.36. The molecule has 1 aliphatic rings. The van der Waals surface area contributed by atoms with Gasteiger partial charge in [0.1, 0.15) is 5.57 Å². The van der Waals surface area contributed by atoms with Crippen LogP contribution in [0.2, 0.25) is 5.02 Å². The van der Waals surface area contributed by atoms with Crippen molar-refractivity contribution in [1.82, 2.24) is 5.32 Å². The van der Waals surface area contributed by atoms with Crippen LogP contribution in [-0.2, 0) is 9.59 Å². The molecule has 144 valence electrons. The maximum absolute atomic E-state index is 13.1. The summed E-state index contributed by atoms with van der Waals surface area (Å²) in [6.45, 7) is 1.83. The fourth-order valence-corrected chi connectivity index (χ4v) is 3.71. The molecule has 0 saturated carbocycles. The Kier molecular flexibility index (Phi) is 5.74. The van der Waals surface area contributed by atoms with Crippen LogP contribution in [0.1, 0.15) is 11.1 Å². The number of halogens is 2. The second kappa shape index (κ2) is 7.90. The predicted octanol–water partition coefficient (Wildman–Crippen LogP) is 3.96. The van der Waals surface area contributed by atoms with Gasteiger partial charge in [-0.25, -0.2) is 0 Å². The Morgan fingerprint density at radius 3 is 2.64 bits per heavy atom. The van der Waals surface area contributed by atoms with Crippen LogP contribution in [-0.4, -0.2) is 29.1 Å². The van der Waals surface area contributed by atoms with Crippen molar-refractivity contribution in [2.24, 2.45) is 0 Å². The predicted molar refractivity (Wildman–Crippen MR) is 115 cm³/mol. The zero-order valence-corrected chi connectivity index (χ0v) is 17.9. The summed E-state index contributed by atoms with van der Waals surface area (Å²) in [5.41, 5.74) is 1.65. The van der Waals surface area contributed by atoms with Crippen molar-refractivity contribution in [2.45, 2.75) is 6.92 Å². The zero-order chi connectivity index (χ0) is 20.6. The van der Waals surface area contributed by atoms with Gasteiger partial charge in [-0.15, -0.1) is 0 Å². The molecule has 1 aliphatic heterocycles. The number of phenols is 1. The third kappa shape index (κ3) is 3.76. The fourth-order valence-electron chi connectivity index (χ4n) is 2.75. The monoisotopic (exact) mass is 480 g/mol. The number of nitrogens with one attached hydrogen (secondary N) is 1. The standard InChI is InChI=1S/C19H14BrClN2O4S/c1-9-5-11(20)3-4-14(9)23-18(26)12(17(25)22-19(23)28)6-10-7-13(21)16(24)15(8-10)27-2/h3-8,24H,1-2H3,(H,22,25,28)/b12-6+. The number of ether oxygens (including phenoxy) is 1. The summed E-state index contributed by atoms with van der Waals surface area (Å²) in [6.07, 6.45) is 1.37. The minimum Gasteiger partial charge on any atom is -0.503 e. The molecule has 2 amide bonds. The number of rotatable bonds is 3. The van der Waals surface area contributed by atoms with Crippen LogP contribution in [0.4, 0.5) is 5.69 Å². The van der Waals surface area contributed by atoms with Gasteiger partial charge in [-0.1, -0.05) is 27.5 Å². The molecule has 0 aromatic heterocycles. The number of carbonyl (C=O) groups excluding carboxylic acids is 2. The van der Waals surface area contributed by atoms with Crippen LogP contribution in [0.15, 0.2) is 40.4 Å². The molecule has 1 heterocycles. The lowest BCUT2D eigenvalue weighted by Gasteiger charge is -2.30. The molecule has 2 N–H and O–H groups in total. The topological polar surface area (TPSA) is 78.9 Å². The van der Waals surface area contributed by atoms with Crippen LogP contribution >= 0.6 is 39.7 Å². The molecule has 1 saturated heterocycles. The quantitative estimate of drug-likeness (QED) is 0.394. The number of aryl methyl sites for hydroxylation is 1. The number of nitrogens with zero attached hydrogens (tertiary/aromatic N) is 1. The highest BCUT2D eigenvalue weighted by atomic mass is 79.9. The number of amides is 2. The number of methoxy groups -OCH3 is 1. The van der Waals surface area contributed by atoms with Crippen molar-refractivity contribution in [3.05, 3.63) is 56.5 Å². The average molecular weight is 482 g/mol. The molecule has 0 atom stereocenters. The zero-order valence-electron chi connectivity index (χ0n) is 14.7. The highest BCUT2D eigenvalue weighted by molar-refractivity contribution is 9.10. The van der Waals surface area contributed by atoms with Crippen LogP contribution in [0.3, 0.4) is 0 Å². The average Bonchev–Trinajstić information content (AvgIpc) is 2.63. The summed E-state index contributed by atoms with van der Waals surface area (Å²) in [4.78, 5) is 26.8. The molecule has 9 heteroatoms. The number of thiocarbonyl (C=S) groups is 1. The molecule has 0 spiro atoms. The Balaban J connectivity index is 2.08. The Labute approximate surface area is 179 Å². The van der Waals surface area contributed by atoms with E-state index in [1.165, 1.54) is 30.2 Å².